The predicted molar refractivity (Wildman–Crippen MR) is 198 cm³/mol. The van der Waals surface area contributed by atoms with Crippen molar-refractivity contribution in [2.75, 3.05) is 6.61 Å². The largest absolute Gasteiger partial charge is 0.466 e. The van der Waals surface area contributed by atoms with Gasteiger partial charge in [0.25, 0.3) is 0 Å². The Kier molecular flexibility index (Phi) is 39.0. The lowest BCUT2D eigenvalue weighted by molar-refractivity contribution is -0.143. The lowest BCUT2D eigenvalue weighted by atomic mass is 10.0. The highest BCUT2D eigenvalue weighted by Gasteiger charge is 2.02. The molecule has 0 aromatic heterocycles. The number of unbranched alkanes of at least 4 members (excludes halogenated alkanes) is 29. The number of carbonyl (C=O) groups excluding carboxylic acids is 1. The molecule has 0 fully saturated rings. The van der Waals surface area contributed by atoms with E-state index in [1.807, 2.05) is 0 Å². The number of hydrogen-bond donors (Lipinski definition) is 0. The minimum atomic E-state index is 0.0195. The summed E-state index contributed by atoms with van der Waals surface area (Å²) >= 11 is 0. The van der Waals surface area contributed by atoms with E-state index in [0.29, 0.717) is 13.0 Å². The number of esters is 1. The first-order chi connectivity index (χ1) is 21.8. The molecule has 0 radical (unpaired) electrons. The molecule has 0 aliphatic rings. The number of ether oxygens (including phenoxy) is 1. The van der Waals surface area contributed by atoms with Gasteiger partial charge in [0, 0.05) is 6.42 Å². The van der Waals surface area contributed by atoms with Gasteiger partial charge in [0.1, 0.15) is 0 Å². The van der Waals surface area contributed by atoms with E-state index < -0.39 is 0 Å². The second-order valence-corrected chi connectivity index (χ2v) is 13.6. The highest BCUT2D eigenvalue weighted by atomic mass is 16.5. The summed E-state index contributed by atoms with van der Waals surface area (Å²) in [5.41, 5.74) is 0. The smallest absolute Gasteiger partial charge is 0.305 e. The zero-order valence-electron chi connectivity index (χ0n) is 30.4. The summed E-state index contributed by atoms with van der Waals surface area (Å²) in [7, 11) is 0. The molecule has 0 unspecified atom stereocenters. The maximum Gasteiger partial charge on any atom is 0.305 e. The lowest BCUT2D eigenvalue weighted by Crippen LogP contribution is -2.05. The van der Waals surface area contributed by atoms with Crippen molar-refractivity contribution in [1.29, 1.82) is 0 Å². The number of hydrogen-bond acceptors (Lipinski definition) is 2. The number of allylic oxidation sites excluding steroid dienone is 4. The van der Waals surface area contributed by atoms with E-state index in [4.69, 9.17) is 4.74 Å². The zero-order chi connectivity index (χ0) is 31.9. The molecule has 0 N–H and O–H groups in total. The van der Waals surface area contributed by atoms with Gasteiger partial charge in [-0.2, -0.15) is 0 Å². The van der Waals surface area contributed by atoms with Gasteiger partial charge >= 0.3 is 5.97 Å². The van der Waals surface area contributed by atoms with Gasteiger partial charge in [0.2, 0.25) is 0 Å². The molecule has 0 amide bonds. The third-order valence-corrected chi connectivity index (χ3v) is 9.06. The highest BCUT2D eigenvalue weighted by molar-refractivity contribution is 5.69. The van der Waals surface area contributed by atoms with Crippen molar-refractivity contribution >= 4 is 5.97 Å². The average Bonchev–Trinajstić information content (AvgIpc) is 3.03. The van der Waals surface area contributed by atoms with Crippen LogP contribution in [0.25, 0.3) is 0 Å². The van der Waals surface area contributed by atoms with Crippen molar-refractivity contribution < 1.29 is 9.53 Å². The van der Waals surface area contributed by atoms with Crippen molar-refractivity contribution in [2.45, 2.75) is 232 Å². The third kappa shape index (κ3) is 39.0. The molecule has 0 saturated carbocycles. The van der Waals surface area contributed by atoms with Crippen molar-refractivity contribution in [2.24, 2.45) is 0 Å². The molecule has 0 heterocycles. The first-order valence-electron chi connectivity index (χ1n) is 20.3. The lowest BCUT2D eigenvalue weighted by Gasteiger charge is -2.05. The van der Waals surface area contributed by atoms with E-state index >= 15 is 0 Å². The molecule has 0 aliphatic carbocycles. The molecule has 44 heavy (non-hydrogen) atoms. The average molecular weight is 617 g/mol. The van der Waals surface area contributed by atoms with Crippen LogP contribution in [-0.4, -0.2) is 12.6 Å². The molecular formula is C42H80O2. The Morgan fingerprint density at radius 3 is 0.977 bits per heavy atom. The fourth-order valence-electron chi connectivity index (χ4n) is 6.01. The van der Waals surface area contributed by atoms with Crippen molar-refractivity contribution in [3.63, 3.8) is 0 Å². The van der Waals surface area contributed by atoms with E-state index in [0.717, 1.165) is 12.8 Å². The Hall–Kier alpha value is -1.05. The van der Waals surface area contributed by atoms with Crippen LogP contribution >= 0.6 is 0 Å². The summed E-state index contributed by atoms with van der Waals surface area (Å²) in [6, 6.07) is 0. The van der Waals surface area contributed by atoms with E-state index in [1.165, 1.54) is 199 Å². The van der Waals surface area contributed by atoms with Gasteiger partial charge in [-0.3, -0.25) is 4.79 Å². The molecule has 2 nitrogen and oxygen atoms in total. The Labute approximate surface area is 278 Å². The molecule has 0 atom stereocenters. The normalized spacial score (nSPS) is 11.8. The summed E-state index contributed by atoms with van der Waals surface area (Å²) in [6.07, 6.45) is 54.0. The predicted octanol–water partition coefficient (Wildman–Crippen LogP) is 14.9. The molecule has 0 bridgehead atoms. The van der Waals surface area contributed by atoms with Crippen LogP contribution in [0.2, 0.25) is 0 Å². The molecule has 0 spiro atoms. The molecular weight excluding hydrogens is 536 g/mol. The Morgan fingerprint density at radius 2 is 0.636 bits per heavy atom. The van der Waals surface area contributed by atoms with Crippen LogP contribution in [0.15, 0.2) is 24.3 Å². The van der Waals surface area contributed by atoms with Crippen LogP contribution in [0.1, 0.15) is 232 Å². The Balaban J connectivity index is 3.21. The van der Waals surface area contributed by atoms with E-state index in [1.54, 1.807) is 0 Å². The molecule has 0 aromatic carbocycles. The summed E-state index contributed by atoms with van der Waals surface area (Å²) in [5.74, 6) is 0.0195. The summed E-state index contributed by atoms with van der Waals surface area (Å²) in [5, 5.41) is 0. The molecule has 0 aliphatic heterocycles. The van der Waals surface area contributed by atoms with Crippen LogP contribution < -0.4 is 0 Å². The maximum atomic E-state index is 12.0. The molecule has 260 valence electrons. The standard InChI is InChI=1S/C42H80O2/c1-3-5-7-9-11-13-15-17-19-21-22-23-24-25-26-28-30-32-34-36-38-40-42(43)44-41-39-37-35-33-31-29-27-20-18-16-14-12-10-8-6-4-2/h17-20H,3-16,21-41H2,1-2H3/b19-17-,20-18+. The van der Waals surface area contributed by atoms with Gasteiger partial charge in [-0.1, -0.05) is 186 Å². The first-order valence-corrected chi connectivity index (χ1v) is 20.3. The molecule has 0 saturated heterocycles. The van der Waals surface area contributed by atoms with Crippen LogP contribution in [-0.2, 0) is 9.53 Å². The summed E-state index contributed by atoms with van der Waals surface area (Å²) < 4.78 is 5.45. The minimum Gasteiger partial charge on any atom is -0.466 e. The SMILES string of the molecule is CCCCCCCC/C=C\CCCCCCCCCCCCCC(=O)OCCCCCCCC/C=C/CCCCCCCC. The van der Waals surface area contributed by atoms with Gasteiger partial charge < -0.3 is 4.74 Å². The molecule has 2 heteroatoms. The van der Waals surface area contributed by atoms with Crippen molar-refractivity contribution in [3.8, 4) is 0 Å². The zero-order valence-corrected chi connectivity index (χ0v) is 30.4. The van der Waals surface area contributed by atoms with Crippen LogP contribution in [0.5, 0.6) is 0 Å². The minimum absolute atomic E-state index is 0.0195. The Bertz CT molecular complexity index is 593. The molecule has 0 aromatic rings. The van der Waals surface area contributed by atoms with E-state index in [9.17, 15) is 4.79 Å². The van der Waals surface area contributed by atoms with E-state index in [-0.39, 0.29) is 5.97 Å². The fourth-order valence-corrected chi connectivity index (χ4v) is 6.01. The number of carbonyl (C=O) groups is 1. The van der Waals surface area contributed by atoms with Gasteiger partial charge in [-0.05, 0) is 64.2 Å². The second kappa shape index (κ2) is 40.0. The third-order valence-electron chi connectivity index (χ3n) is 9.06. The monoisotopic (exact) mass is 617 g/mol. The van der Waals surface area contributed by atoms with Gasteiger partial charge in [0.05, 0.1) is 6.61 Å². The van der Waals surface area contributed by atoms with Gasteiger partial charge in [0.15, 0.2) is 0 Å². The molecule has 0 rings (SSSR count). The van der Waals surface area contributed by atoms with Crippen LogP contribution in [0, 0.1) is 0 Å². The Morgan fingerprint density at radius 1 is 0.364 bits per heavy atom. The van der Waals surface area contributed by atoms with Crippen molar-refractivity contribution in [3.05, 3.63) is 24.3 Å². The number of rotatable bonds is 37. The first kappa shape index (κ1) is 43.0. The summed E-state index contributed by atoms with van der Waals surface area (Å²) in [4.78, 5) is 12.0. The topological polar surface area (TPSA) is 26.3 Å². The highest BCUT2D eigenvalue weighted by Crippen LogP contribution is 2.14. The van der Waals surface area contributed by atoms with Crippen molar-refractivity contribution in [1.82, 2.24) is 0 Å². The second-order valence-electron chi connectivity index (χ2n) is 13.6. The van der Waals surface area contributed by atoms with Crippen LogP contribution in [0.4, 0.5) is 0 Å². The van der Waals surface area contributed by atoms with Gasteiger partial charge in [-0.15, -0.1) is 0 Å². The van der Waals surface area contributed by atoms with Gasteiger partial charge in [-0.25, -0.2) is 0 Å². The maximum absolute atomic E-state index is 12.0. The summed E-state index contributed by atoms with van der Waals surface area (Å²) in [6.45, 7) is 5.19. The van der Waals surface area contributed by atoms with Crippen LogP contribution in [0.3, 0.4) is 0 Å². The van der Waals surface area contributed by atoms with E-state index in [2.05, 4.69) is 38.2 Å². The quantitative estimate of drug-likeness (QED) is 0.0394. The fraction of sp³-hybridized carbons (Fsp3) is 0.881.